The Bertz CT molecular complexity index is 768. The van der Waals surface area contributed by atoms with Gasteiger partial charge in [-0.05, 0) is 43.5 Å². The van der Waals surface area contributed by atoms with Gasteiger partial charge in [-0.1, -0.05) is 18.5 Å². The van der Waals surface area contributed by atoms with E-state index in [0.717, 1.165) is 36.2 Å². The van der Waals surface area contributed by atoms with Crippen LogP contribution in [0.25, 0.3) is 5.57 Å². The number of halogens is 1. The first-order valence-corrected chi connectivity index (χ1v) is 9.16. The van der Waals surface area contributed by atoms with Crippen LogP contribution in [0.15, 0.2) is 36.7 Å². The number of anilines is 1. The highest BCUT2D eigenvalue weighted by Crippen LogP contribution is 2.36. The molecule has 1 aromatic carbocycles. The van der Waals surface area contributed by atoms with Gasteiger partial charge in [-0.25, -0.2) is 0 Å². The molecule has 0 aromatic heterocycles. The highest BCUT2D eigenvalue weighted by Gasteiger charge is 2.30. The molecule has 4 nitrogen and oxygen atoms in total. The molecule has 2 atom stereocenters. The zero-order chi connectivity index (χ0) is 18.1. The summed E-state index contributed by atoms with van der Waals surface area (Å²) in [6.07, 6.45) is 7.67. The predicted octanol–water partition coefficient (Wildman–Crippen LogP) is 4.10. The summed E-state index contributed by atoms with van der Waals surface area (Å²) in [7, 11) is 0. The Hall–Kier alpha value is -2.07. The fourth-order valence-electron chi connectivity index (χ4n) is 3.36. The Morgan fingerprint density at radius 2 is 2.20 bits per heavy atom. The Morgan fingerprint density at radius 3 is 2.80 bits per heavy atom. The summed E-state index contributed by atoms with van der Waals surface area (Å²) in [5.74, 6) is 0.0883. The molecule has 3 rings (SSSR count). The second kappa shape index (κ2) is 7.04. The van der Waals surface area contributed by atoms with Gasteiger partial charge in [-0.3, -0.25) is 9.69 Å². The molecule has 2 aliphatic heterocycles. The van der Waals surface area contributed by atoms with Gasteiger partial charge in [0.05, 0.1) is 11.9 Å². The molecule has 0 saturated heterocycles. The fraction of sp³-hybridized carbons (Fsp3) is 0.400. The largest absolute Gasteiger partial charge is 0.336 e. The summed E-state index contributed by atoms with van der Waals surface area (Å²) in [4.78, 5) is 16.7. The van der Waals surface area contributed by atoms with Gasteiger partial charge in [0.2, 0.25) is 12.1 Å². The van der Waals surface area contributed by atoms with Crippen LogP contribution in [0.4, 0.5) is 5.69 Å². The van der Waals surface area contributed by atoms with Gasteiger partial charge in [0, 0.05) is 36.2 Å². The normalized spacial score (nSPS) is 21.8. The Balaban J connectivity index is 1.98. The summed E-state index contributed by atoms with van der Waals surface area (Å²) in [5.41, 5.74) is 3.12. The number of carbonyl (C=O) groups is 1. The van der Waals surface area contributed by atoms with Crippen LogP contribution >= 0.6 is 11.6 Å². The minimum atomic E-state index is 0.0883. The lowest BCUT2D eigenvalue weighted by molar-refractivity contribution is -0.475. The molecule has 0 radical (unpaired) electrons. The summed E-state index contributed by atoms with van der Waals surface area (Å²) < 4.78 is 1.91. The smallest absolute Gasteiger partial charge is 0.247 e. The summed E-state index contributed by atoms with van der Waals surface area (Å²) >= 11 is 6.26. The van der Waals surface area contributed by atoms with Crippen molar-refractivity contribution in [3.8, 4) is 0 Å². The minimum Gasteiger partial charge on any atom is -0.336 e. The highest BCUT2D eigenvalue weighted by atomic mass is 35.5. The van der Waals surface area contributed by atoms with Crippen molar-refractivity contribution >= 4 is 35.5 Å². The third-order valence-corrected chi connectivity index (χ3v) is 5.44. The molecule has 132 valence electrons. The number of hydrogen-bond donors (Lipinski definition) is 0. The van der Waals surface area contributed by atoms with Crippen molar-refractivity contribution in [1.29, 1.82) is 0 Å². The molecule has 2 aliphatic rings. The van der Waals surface area contributed by atoms with Crippen LogP contribution in [0.2, 0.25) is 5.02 Å². The van der Waals surface area contributed by atoms with Crippen molar-refractivity contribution in [2.75, 3.05) is 11.4 Å². The maximum atomic E-state index is 12.6. The van der Waals surface area contributed by atoms with E-state index in [1.807, 2.05) is 40.1 Å². The SMILES string of the molecule is C=[N+]1C=CN(c2ccc(Cl)cc2C2=CC(=O)N(C(C)CC)CC2)C1C. The van der Waals surface area contributed by atoms with E-state index in [9.17, 15) is 4.79 Å². The van der Waals surface area contributed by atoms with Gasteiger partial charge in [0.15, 0.2) is 6.20 Å². The average molecular weight is 359 g/mol. The molecule has 5 heteroatoms. The number of carbonyl (C=O) groups excluding carboxylic acids is 1. The molecular weight excluding hydrogens is 334 g/mol. The topological polar surface area (TPSA) is 26.6 Å². The van der Waals surface area contributed by atoms with E-state index < -0.39 is 0 Å². The molecule has 0 spiro atoms. The summed E-state index contributed by atoms with van der Waals surface area (Å²) in [6.45, 7) is 11.1. The predicted molar refractivity (Wildman–Crippen MR) is 104 cm³/mol. The fourth-order valence-corrected chi connectivity index (χ4v) is 3.54. The maximum absolute atomic E-state index is 12.6. The molecule has 0 saturated carbocycles. The summed E-state index contributed by atoms with van der Waals surface area (Å²) in [6, 6.07) is 6.14. The lowest BCUT2D eigenvalue weighted by atomic mass is 9.96. The van der Waals surface area contributed by atoms with Crippen LogP contribution < -0.4 is 4.90 Å². The van der Waals surface area contributed by atoms with Crippen LogP contribution in [0.1, 0.15) is 39.2 Å². The molecule has 0 aliphatic carbocycles. The van der Waals surface area contributed by atoms with Crippen molar-refractivity contribution in [3.63, 3.8) is 0 Å². The van der Waals surface area contributed by atoms with Crippen LogP contribution in [0, 0.1) is 0 Å². The van der Waals surface area contributed by atoms with Gasteiger partial charge < -0.3 is 4.90 Å². The zero-order valence-electron chi connectivity index (χ0n) is 15.1. The first-order chi connectivity index (χ1) is 11.9. The van der Waals surface area contributed by atoms with E-state index in [4.69, 9.17) is 11.6 Å². The standard InChI is InChI=1S/C20H25ClN3O/c1-5-14(2)23-9-8-16(12-20(23)25)18-13-17(21)6-7-19(18)24-11-10-22(4)15(24)3/h6-7,10-15H,4-5,8-9H2,1-3H3/q+1. The first-order valence-electron chi connectivity index (χ1n) is 8.79. The minimum absolute atomic E-state index is 0.0883. The Kier molecular flexibility index (Phi) is 5.00. The van der Waals surface area contributed by atoms with Crippen molar-refractivity contribution < 1.29 is 9.37 Å². The van der Waals surface area contributed by atoms with Crippen molar-refractivity contribution in [2.24, 2.45) is 0 Å². The van der Waals surface area contributed by atoms with E-state index in [1.54, 1.807) is 6.08 Å². The van der Waals surface area contributed by atoms with E-state index >= 15 is 0 Å². The number of benzene rings is 1. The molecule has 1 amide bonds. The zero-order valence-corrected chi connectivity index (χ0v) is 15.8. The second-order valence-corrected chi connectivity index (χ2v) is 7.16. The lowest BCUT2D eigenvalue weighted by Gasteiger charge is -2.32. The molecule has 0 N–H and O–H groups in total. The van der Waals surface area contributed by atoms with Crippen LogP contribution in [0.5, 0.6) is 0 Å². The molecule has 2 heterocycles. The number of rotatable bonds is 4. The molecule has 2 unspecified atom stereocenters. The average Bonchev–Trinajstić information content (AvgIpc) is 2.93. The van der Waals surface area contributed by atoms with Crippen LogP contribution in [-0.4, -0.2) is 40.9 Å². The van der Waals surface area contributed by atoms with E-state index in [0.29, 0.717) is 5.02 Å². The third-order valence-electron chi connectivity index (χ3n) is 5.21. The summed E-state index contributed by atoms with van der Waals surface area (Å²) in [5, 5.41) is 0.679. The monoisotopic (exact) mass is 358 g/mol. The molecule has 25 heavy (non-hydrogen) atoms. The number of nitrogens with zero attached hydrogens (tertiary/aromatic N) is 3. The van der Waals surface area contributed by atoms with Crippen molar-refractivity contribution in [1.82, 2.24) is 4.90 Å². The quantitative estimate of drug-likeness (QED) is 0.757. The maximum Gasteiger partial charge on any atom is 0.247 e. The van der Waals surface area contributed by atoms with Gasteiger partial charge in [-0.15, -0.1) is 0 Å². The molecule has 0 fully saturated rings. The third kappa shape index (κ3) is 3.36. The van der Waals surface area contributed by atoms with Crippen molar-refractivity contribution in [3.05, 3.63) is 47.3 Å². The Labute approximate surface area is 154 Å². The second-order valence-electron chi connectivity index (χ2n) is 6.72. The number of amides is 1. The van der Waals surface area contributed by atoms with Crippen molar-refractivity contribution in [2.45, 2.75) is 45.8 Å². The van der Waals surface area contributed by atoms with Gasteiger partial charge in [-0.2, -0.15) is 4.58 Å². The highest BCUT2D eigenvalue weighted by molar-refractivity contribution is 6.31. The molecule has 1 aromatic rings. The molecule has 0 bridgehead atoms. The molecular formula is C20H25ClN3O+. The Morgan fingerprint density at radius 1 is 1.44 bits per heavy atom. The van der Waals surface area contributed by atoms with Crippen LogP contribution in [-0.2, 0) is 4.79 Å². The van der Waals surface area contributed by atoms with Crippen LogP contribution in [0.3, 0.4) is 0 Å². The van der Waals surface area contributed by atoms with Gasteiger partial charge in [0.25, 0.3) is 0 Å². The lowest BCUT2D eigenvalue weighted by Crippen LogP contribution is -2.40. The van der Waals surface area contributed by atoms with E-state index in [-0.39, 0.29) is 18.1 Å². The number of hydrogen-bond acceptors (Lipinski definition) is 2. The van der Waals surface area contributed by atoms with E-state index in [2.05, 4.69) is 32.4 Å². The van der Waals surface area contributed by atoms with E-state index in [1.165, 1.54) is 0 Å². The first kappa shape index (κ1) is 17.7. The van der Waals surface area contributed by atoms with Gasteiger partial charge >= 0.3 is 0 Å². The van der Waals surface area contributed by atoms with Gasteiger partial charge in [0.1, 0.15) is 6.72 Å².